The number of carbonyl (C=O) groups excluding carboxylic acids is 1. The quantitative estimate of drug-likeness (QED) is 0.535. The summed E-state index contributed by atoms with van der Waals surface area (Å²) < 4.78 is 5.13. The van der Waals surface area contributed by atoms with E-state index in [1.807, 2.05) is 29.6 Å². The number of hydrogen-bond acceptors (Lipinski definition) is 6. The molecule has 0 aliphatic heterocycles. The van der Waals surface area contributed by atoms with Crippen LogP contribution in [0, 0.1) is 17.0 Å². The molecule has 0 fully saturated rings. The summed E-state index contributed by atoms with van der Waals surface area (Å²) in [5.74, 6) is 0.393. The number of carbonyl (C=O) groups is 1. The minimum atomic E-state index is -0.473. The van der Waals surface area contributed by atoms with Crippen molar-refractivity contribution in [2.24, 2.45) is 0 Å². The summed E-state index contributed by atoms with van der Waals surface area (Å²) in [6.07, 6.45) is 0. The van der Waals surface area contributed by atoms with Crippen molar-refractivity contribution >= 4 is 28.1 Å². The topological polar surface area (TPSA) is 94.4 Å². The van der Waals surface area contributed by atoms with Gasteiger partial charge in [0.2, 0.25) is 0 Å². The van der Waals surface area contributed by atoms with E-state index in [9.17, 15) is 14.9 Å². The molecule has 3 aromatic rings. The summed E-state index contributed by atoms with van der Waals surface area (Å²) in [6, 6.07) is 11.7. The third-order valence-electron chi connectivity index (χ3n) is 3.77. The highest BCUT2D eigenvalue weighted by molar-refractivity contribution is 7.14. The minimum Gasteiger partial charge on any atom is -0.497 e. The van der Waals surface area contributed by atoms with Crippen molar-refractivity contribution in [2.45, 2.75) is 6.92 Å². The molecule has 0 radical (unpaired) electrons. The van der Waals surface area contributed by atoms with Gasteiger partial charge in [-0.25, -0.2) is 4.98 Å². The van der Waals surface area contributed by atoms with Crippen LogP contribution in [-0.2, 0) is 0 Å². The molecule has 3 rings (SSSR count). The highest BCUT2D eigenvalue weighted by atomic mass is 32.1. The monoisotopic (exact) mass is 369 g/mol. The lowest BCUT2D eigenvalue weighted by atomic mass is 10.1. The molecule has 1 heterocycles. The highest BCUT2D eigenvalue weighted by Gasteiger charge is 2.15. The number of ether oxygens (including phenoxy) is 1. The molecule has 0 spiro atoms. The Balaban J connectivity index is 1.75. The molecular weight excluding hydrogens is 354 g/mol. The summed E-state index contributed by atoms with van der Waals surface area (Å²) in [4.78, 5) is 27.1. The van der Waals surface area contributed by atoms with Crippen molar-refractivity contribution in [2.75, 3.05) is 12.4 Å². The zero-order valence-corrected chi connectivity index (χ0v) is 14.9. The van der Waals surface area contributed by atoms with Gasteiger partial charge in [-0.3, -0.25) is 20.2 Å². The molecule has 2 aromatic carbocycles. The van der Waals surface area contributed by atoms with Crippen LogP contribution >= 0.6 is 11.3 Å². The average molecular weight is 369 g/mol. The van der Waals surface area contributed by atoms with E-state index in [-0.39, 0.29) is 11.6 Å². The van der Waals surface area contributed by atoms with Crippen molar-refractivity contribution < 1.29 is 14.5 Å². The standard InChI is InChI=1S/C18H15N3O4S/c1-11-9-13(5-8-16(11)21(23)24)17(22)20-18-19-15(10-26-18)12-3-6-14(25-2)7-4-12/h3-10H,1-2H3,(H,19,20,22). The molecule has 1 amide bonds. The van der Waals surface area contributed by atoms with Gasteiger partial charge in [0.1, 0.15) is 5.75 Å². The Morgan fingerprint density at radius 3 is 2.58 bits per heavy atom. The van der Waals surface area contributed by atoms with Crippen LogP contribution in [0.1, 0.15) is 15.9 Å². The van der Waals surface area contributed by atoms with Gasteiger partial charge in [-0.1, -0.05) is 0 Å². The largest absolute Gasteiger partial charge is 0.497 e. The van der Waals surface area contributed by atoms with Gasteiger partial charge in [0.25, 0.3) is 11.6 Å². The molecule has 8 heteroatoms. The second-order valence-electron chi connectivity index (χ2n) is 5.48. The number of methoxy groups -OCH3 is 1. The Bertz CT molecular complexity index is 967. The molecule has 0 saturated heterocycles. The van der Waals surface area contributed by atoms with Crippen LogP contribution in [-0.4, -0.2) is 22.9 Å². The molecule has 1 N–H and O–H groups in total. The predicted octanol–water partition coefficient (Wildman–Crippen LogP) is 4.29. The number of aromatic nitrogens is 1. The molecular formula is C18H15N3O4S. The van der Waals surface area contributed by atoms with Gasteiger partial charge in [0.15, 0.2) is 5.13 Å². The van der Waals surface area contributed by atoms with Crippen molar-refractivity contribution in [1.29, 1.82) is 0 Å². The summed E-state index contributed by atoms with van der Waals surface area (Å²) in [7, 11) is 1.60. The van der Waals surface area contributed by atoms with Crippen LogP contribution < -0.4 is 10.1 Å². The van der Waals surface area contributed by atoms with Gasteiger partial charge >= 0.3 is 0 Å². The van der Waals surface area contributed by atoms with Gasteiger partial charge in [-0.2, -0.15) is 0 Å². The number of rotatable bonds is 5. The lowest BCUT2D eigenvalue weighted by Crippen LogP contribution is -2.12. The van der Waals surface area contributed by atoms with E-state index < -0.39 is 4.92 Å². The number of nitro benzene ring substituents is 1. The first-order valence-corrected chi connectivity index (χ1v) is 8.52. The Kier molecular flexibility index (Phi) is 4.94. The van der Waals surface area contributed by atoms with E-state index in [1.165, 1.54) is 29.5 Å². The molecule has 0 atom stereocenters. The van der Waals surface area contributed by atoms with Crippen LogP contribution in [0.4, 0.5) is 10.8 Å². The van der Waals surface area contributed by atoms with Gasteiger partial charge < -0.3 is 4.74 Å². The molecule has 0 aliphatic carbocycles. The molecule has 0 bridgehead atoms. The van der Waals surface area contributed by atoms with E-state index in [0.29, 0.717) is 16.3 Å². The number of benzene rings is 2. The maximum Gasteiger partial charge on any atom is 0.272 e. The Morgan fingerprint density at radius 2 is 1.96 bits per heavy atom. The number of nitrogens with zero attached hydrogens (tertiary/aromatic N) is 2. The number of amides is 1. The van der Waals surface area contributed by atoms with Crippen molar-refractivity contribution in [3.63, 3.8) is 0 Å². The van der Waals surface area contributed by atoms with E-state index >= 15 is 0 Å². The fourth-order valence-corrected chi connectivity index (χ4v) is 3.11. The first-order chi connectivity index (χ1) is 12.5. The van der Waals surface area contributed by atoms with E-state index in [2.05, 4.69) is 10.3 Å². The Labute approximate surface area is 153 Å². The molecule has 0 aliphatic rings. The average Bonchev–Trinajstić information content (AvgIpc) is 3.09. The third kappa shape index (κ3) is 3.70. The number of nitrogens with one attached hydrogen (secondary N) is 1. The maximum atomic E-state index is 12.3. The number of thiazole rings is 1. The fraction of sp³-hybridized carbons (Fsp3) is 0.111. The third-order valence-corrected chi connectivity index (χ3v) is 4.52. The molecule has 0 unspecified atom stereocenters. The molecule has 132 valence electrons. The van der Waals surface area contributed by atoms with Crippen LogP contribution in [0.15, 0.2) is 47.8 Å². The van der Waals surface area contributed by atoms with Gasteiger partial charge in [-0.05, 0) is 43.3 Å². The van der Waals surface area contributed by atoms with Crippen LogP contribution in [0.2, 0.25) is 0 Å². The smallest absolute Gasteiger partial charge is 0.272 e. The molecule has 26 heavy (non-hydrogen) atoms. The van der Waals surface area contributed by atoms with Crippen LogP contribution in [0.3, 0.4) is 0 Å². The fourth-order valence-electron chi connectivity index (χ4n) is 2.40. The lowest BCUT2D eigenvalue weighted by molar-refractivity contribution is -0.385. The van der Waals surface area contributed by atoms with Crippen LogP contribution in [0.5, 0.6) is 5.75 Å². The first-order valence-electron chi connectivity index (χ1n) is 7.64. The SMILES string of the molecule is COc1ccc(-c2csc(NC(=O)c3ccc([N+](=O)[O-])c(C)c3)n2)cc1. The normalized spacial score (nSPS) is 10.4. The maximum absolute atomic E-state index is 12.3. The predicted molar refractivity (Wildman–Crippen MR) is 99.9 cm³/mol. The van der Waals surface area contributed by atoms with Gasteiger partial charge in [0, 0.05) is 28.1 Å². The highest BCUT2D eigenvalue weighted by Crippen LogP contribution is 2.27. The number of nitro groups is 1. The summed E-state index contributed by atoms with van der Waals surface area (Å²) >= 11 is 1.31. The van der Waals surface area contributed by atoms with Crippen LogP contribution in [0.25, 0.3) is 11.3 Å². The zero-order chi connectivity index (χ0) is 18.7. The zero-order valence-electron chi connectivity index (χ0n) is 14.1. The number of hydrogen-bond donors (Lipinski definition) is 1. The van der Waals surface area contributed by atoms with Gasteiger partial charge in [-0.15, -0.1) is 11.3 Å². The second kappa shape index (κ2) is 7.32. The summed E-state index contributed by atoms with van der Waals surface area (Å²) in [5.41, 5.74) is 2.41. The van der Waals surface area contributed by atoms with Crippen molar-refractivity contribution in [3.8, 4) is 17.0 Å². The van der Waals surface area contributed by atoms with Crippen molar-refractivity contribution in [3.05, 3.63) is 69.1 Å². The minimum absolute atomic E-state index is 0.0161. The van der Waals surface area contributed by atoms with Gasteiger partial charge in [0.05, 0.1) is 17.7 Å². The number of anilines is 1. The van der Waals surface area contributed by atoms with E-state index in [4.69, 9.17) is 4.74 Å². The summed E-state index contributed by atoms with van der Waals surface area (Å²) in [5, 5.41) is 15.9. The first kappa shape index (κ1) is 17.6. The number of aryl methyl sites for hydroxylation is 1. The van der Waals surface area contributed by atoms with E-state index in [0.717, 1.165) is 17.0 Å². The lowest BCUT2D eigenvalue weighted by Gasteiger charge is -2.04. The van der Waals surface area contributed by atoms with E-state index in [1.54, 1.807) is 14.0 Å². The van der Waals surface area contributed by atoms with Crippen molar-refractivity contribution in [1.82, 2.24) is 4.98 Å². The molecule has 0 saturated carbocycles. The summed E-state index contributed by atoms with van der Waals surface area (Å²) in [6.45, 7) is 1.60. The Morgan fingerprint density at radius 1 is 1.23 bits per heavy atom. The molecule has 1 aromatic heterocycles. The molecule has 7 nitrogen and oxygen atoms in total. The Hall–Kier alpha value is -3.26. The second-order valence-corrected chi connectivity index (χ2v) is 6.34.